The minimum absolute atomic E-state index is 0.124. The molecule has 3 aliphatic heterocycles. The van der Waals surface area contributed by atoms with E-state index in [9.17, 15) is 35.6 Å². The number of benzene rings is 1. The van der Waals surface area contributed by atoms with Crippen LogP contribution < -0.4 is 4.74 Å². The van der Waals surface area contributed by atoms with Gasteiger partial charge in [0.2, 0.25) is 0 Å². The number of carbonyl (C=O) groups is 2. The smallest absolute Gasteiger partial charge is 0.431 e. The number of carbonyl (C=O) groups excluding carboxylic acids is 2. The summed E-state index contributed by atoms with van der Waals surface area (Å²) in [6, 6.07) is 0. The fourth-order valence-corrected chi connectivity index (χ4v) is 9.93. The van der Waals surface area contributed by atoms with Crippen molar-refractivity contribution in [1.82, 2.24) is 0 Å². The largest absolute Gasteiger partial charge is 0.465 e. The first kappa shape index (κ1) is 29.8. The van der Waals surface area contributed by atoms with Crippen molar-refractivity contribution in [3.8, 4) is 5.75 Å². The van der Waals surface area contributed by atoms with Gasteiger partial charge in [0.25, 0.3) is 5.79 Å². The first-order chi connectivity index (χ1) is 16.4. The Morgan fingerprint density at radius 3 is 2.28 bits per heavy atom. The number of rotatable bonds is 6. The summed E-state index contributed by atoms with van der Waals surface area (Å²) < 4.78 is 103. The van der Waals surface area contributed by atoms with Crippen LogP contribution in [-0.4, -0.2) is 59.0 Å². The molecule has 0 aromatic heterocycles. The number of alkyl halides is 4. The first-order valence-corrected chi connectivity index (χ1v) is 16.5. The summed E-state index contributed by atoms with van der Waals surface area (Å²) in [5.74, 6) is -8.35. The number of esters is 2. The topological polar surface area (TPSA) is 116 Å². The summed E-state index contributed by atoms with van der Waals surface area (Å²) in [6.45, 7) is -1.19. The van der Waals surface area contributed by atoms with E-state index in [4.69, 9.17) is 18.8 Å². The molecule has 0 aliphatic carbocycles. The number of ether oxygens (including phenoxy) is 3. The van der Waals surface area contributed by atoms with Crippen molar-refractivity contribution in [2.24, 2.45) is 5.92 Å². The molecule has 3 aliphatic rings. The van der Waals surface area contributed by atoms with E-state index in [1.165, 1.54) is 11.8 Å². The number of halogens is 8. The quantitative estimate of drug-likeness (QED) is 0.101. The van der Waals surface area contributed by atoms with Gasteiger partial charge in [0.1, 0.15) is 5.56 Å². The lowest BCUT2D eigenvalue weighted by atomic mass is 9.84. The van der Waals surface area contributed by atoms with Gasteiger partial charge in [-0.25, -0.2) is 4.79 Å². The van der Waals surface area contributed by atoms with Crippen molar-refractivity contribution in [3.05, 3.63) is 19.8 Å². The fraction of sp³-hybridized carbons (Fsp3) is 0.556. The first-order valence-electron chi connectivity index (χ1n) is 9.76. The van der Waals surface area contributed by atoms with E-state index >= 15 is 0 Å². The third-order valence-corrected chi connectivity index (χ3v) is 15.9. The number of hydrogen-bond acceptors (Lipinski definition) is 8. The van der Waals surface area contributed by atoms with Crippen LogP contribution in [0.3, 0.4) is 0 Å². The van der Waals surface area contributed by atoms with Gasteiger partial charge in [-0.05, 0) is 96.8 Å². The Morgan fingerprint density at radius 2 is 1.72 bits per heavy atom. The molecule has 2 bridgehead atoms. The summed E-state index contributed by atoms with van der Waals surface area (Å²) >= 11 is 9.75. The Labute approximate surface area is 260 Å². The molecule has 0 radical (unpaired) electrons. The lowest BCUT2D eigenvalue weighted by molar-refractivity contribution is -0.180. The van der Waals surface area contributed by atoms with E-state index in [1.54, 1.807) is 0 Å². The number of hydrogen-bond donors (Lipinski definition) is 1. The van der Waals surface area contributed by atoms with Gasteiger partial charge in [0.15, 0.2) is 5.75 Å². The molecule has 3 heterocycles. The highest BCUT2D eigenvalue weighted by molar-refractivity contribution is 14.1. The van der Waals surface area contributed by atoms with E-state index in [0.717, 1.165) is 10.7 Å². The summed E-state index contributed by atoms with van der Waals surface area (Å²) in [4.78, 5) is 25.4. The van der Waals surface area contributed by atoms with E-state index < -0.39 is 68.5 Å². The molecule has 4 rings (SSSR count). The zero-order chi connectivity index (χ0) is 27.0. The van der Waals surface area contributed by atoms with Crippen molar-refractivity contribution in [2.45, 2.75) is 46.7 Å². The van der Waals surface area contributed by atoms with Crippen LogP contribution in [-0.2, 0) is 24.4 Å². The molecule has 0 saturated carbocycles. The predicted octanol–water partition coefficient (Wildman–Crippen LogP) is 5.29. The van der Waals surface area contributed by atoms with Gasteiger partial charge < -0.3 is 14.2 Å². The number of fused-ring (bicyclic) bond motifs is 4. The highest BCUT2D eigenvalue weighted by Gasteiger charge is 2.66. The van der Waals surface area contributed by atoms with E-state index in [-0.39, 0.29) is 12.8 Å². The highest BCUT2D eigenvalue weighted by atomic mass is 127. The van der Waals surface area contributed by atoms with Crippen LogP contribution in [0.15, 0.2) is 0 Å². The Bertz CT molecular complexity index is 1260. The molecule has 1 aromatic rings. The van der Waals surface area contributed by atoms with Crippen LogP contribution in [0.1, 0.15) is 29.6 Å². The molecule has 4 atom stereocenters. The molecule has 4 unspecified atom stereocenters. The molecule has 1 spiro atoms. The van der Waals surface area contributed by atoms with Crippen molar-refractivity contribution in [2.75, 3.05) is 6.61 Å². The lowest BCUT2D eigenvalue weighted by Crippen LogP contribution is -2.53. The zero-order valence-corrected chi connectivity index (χ0v) is 27.5. The second-order valence-corrected chi connectivity index (χ2v) is 15.3. The van der Waals surface area contributed by atoms with Gasteiger partial charge in [0.05, 0.1) is 27.8 Å². The fourth-order valence-electron chi connectivity index (χ4n) is 4.10. The summed E-state index contributed by atoms with van der Waals surface area (Å²) in [6.07, 6.45) is -1.56. The molecular weight excluding hydrogens is 992 g/mol. The molecule has 1 aromatic carbocycles. The standard InChI is InChI=1S/C18H12F4I4O8S2/c19-17(20,18(21,22)36(29,30)31)1-2-32-14(27)5-3-7-16(4-6(5)35-7)33-13-8(15(28)34-16)9(23)10(24)11(25)12(13)26/h5-7H,1-4H2,(H,29,30,31). The van der Waals surface area contributed by atoms with Gasteiger partial charge in [-0.1, -0.05) is 0 Å². The Hall–Kier alpha value is 0.860. The monoisotopic (exact) mass is 1000 g/mol. The molecule has 1 N–H and O–H groups in total. The molecule has 0 amide bonds. The Morgan fingerprint density at radius 1 is 1.11 bits per heavy atom. The van der Waals surface area contributed by atoms with Crippen LogP contribution in [0.4, 0.5) is 17.6 Å². The number of thioether (sulfide) groups is 1. The average molecular weight is 1000 g/mol. The summed E-state index contributed by atoms with van der Waals surface area (Å²) in [5, 5.41) is -6.64. The van der Waals surface area contributed by atoms with Gasteiger partial charge in [-0.3, -0.25) is 9.35 Å². The van der Waals surface area contributed by atoms with Crippen LogP contribution in [0.5, 0.6) is 5.75 Å². The third kappa shape index (κ3) is 4.84. The summed E-state index contributed by atoms with van der Waals surface area (Å²) in [7, 11) is -6.37. The minimum atomic E-state index is -6.37. The molecule has 8 nitrogen and oxygen atoms in total. The molecule has 2 saturated heterocycles. The molecule has 2 fully saturated rings. The second-order valence-electron chi connectivity index (χ2n) is 8.09. The van der Waals surface area contributed by atoms with E-state index in [0.29, 0.717) is 14.9 Å². The van der Waals surface area contributed by atoms with Crippen LogP contribution in [0.2, 0.25) is 0 Å². The Kier molecular flexibility index (Phi) is 8.33. The summed E-state index contributed by atoms with van der Waals surface area (Å²) in [5.41, 5.74) is 0.321. The maximum absolute atomic E-state index is 13.6. The minimum Gasteiger partial charge on any atom is -0.465 e. The maximum atomic E-state index is 13.6. The van der Waals surface area contributed by atoms with Crippen molar-refractivity contribution in [3.63, 3.8) is 0 Å². The SMILES string of the molecule is O=C1OC2(CC3SC2CC3C(=O)OCCC(F)(F)C(F)(F)S(=O)(=O)O)Oc2c(I)c(I)c(I)c(I)c21. The maximum Gasteiger partial charge on any atom is 0.431 e. The van der Waals surface area contributed by atoms with Crippen LogP contribution >= 0.6 is 102 Å². The third-order valence-electron chi connectivity index (χ3n) is 5.91. The van der Waals surface area contributed by atoms with E-state index in [2.05, 4.69) is 67.8 Å². The van der Waals surface area contributed by atoms with Gasteiger partial charge >= 0.3 is 33.2 Å². The Balaban J connectivity index is 1.43. The van der Waals surface area contributed by atoms with Crippen molar-refractivity contribution < 1.29 is 54.3 Å². The van der Waals surface area contributed by atoms with Gasteiger partial charge in [-0.15, -0.1) is 11.8 Å². The molecule has 36 heavy (non-hydrogen) atoms. The van der Waals surface area contributed by atoms with Crippen LogP contribution in [0.25, 0.3) is 0 Å². The molecule has 18 heteroatoms. The zero-order valence-electron chi connectivity index (χ0n) is 17.2. The predicted molar refractivity (Wildman–Crippen MR) is 151 cm³/mol. The highest BCUT2D eigenvalue weighted by Crippen LogP contribution is 2.59. The van der Waals surface area contributed by atoms with Crippen molar-refractivity contribution in [1.29, 1.82) is 0 Å². The second kappa shape index (κ2) is 10.0. The van der Waals surface area contributed by atoms with Crippen molar-refractivity contribution >= 4 is 124 Å². The average Bonchev–Trinajstić information content (AvgIpc) is 3.32. The molecular formula is C18H12F4I4O8S2. The van der Waals surface area contributed by atoms with Gasteiger partial charge in [0, 0.05) is 22.4 Å². The van der Waals surface area contributed by atoms with E-state index in [1.807, 2.05) is 22.6 Å². The van der Waals surface area contributed by atoms with Crippen LogP contribution in [0, 0.1) is 20.2 Å². The molecule has 200 valence electrons. The normalized spacial score (nSPS) is 27.6. The lowest BCUT2D eigenvalue weighted by Gasteiger charge is -2.41. The van der Waals surface area contributed by atoms with Gasteiger partial charge in [-0.2, -0.15) is 26.0 Å².